The summed E-state index contributed by atoms with van der Waals surface area (Å²) >= 11 is 0. The third-order valence-electron chi connectivity index (χ3n) is 2.81. The van der Waals surface area contributed by atoms with Gasteiger partial charge in [-0.15, -0.1) is 0 Å². The quantitative estimate of drug-likeness (QED) is 0.396. The van der Waals surface area contributed by atoms with Gasteiger partial charge in [0.2, 0.25) is 5.78 Å². The first-order valence-electron chi connectivity index (χ1n) is 5.72. The van der Waals surface area contributed by atoms with Crippen molar-refractivity contribution in [3.8, 4) is 11.1 Å². The summed E-state index contributed by atoms with van der Waals surface area (Å²) in [5, 5.41) is 11.4. The molecule has 19 heavy (non-hydrogen) atoms. The average molecular weight is 257 g/mol. The molecule has 0 atom stereocenters. The van der Waals surface area contributed by atoms with E-state index in [2.05, 4.69) is 5.16 Å². The summed E-state index contributed by atoms with van der Waals surface area (Å²) in [5.41, 5.74) is 1.58. The molecule has 0 heterocycles. The van der Waals surface area contributed by atoms with Crippen molar-refractivity contribution in [1.82, 2.24) is 0 Å². The predicted octanol–water partition coefficient (Wildman–Crippen LogP) is 3.53. The number of benzene rings is 2. The summed E-state index contributed by atoms with van der Waals surface area (Å²) in [7, 11) is 0. The molecule has 3 nitrogen and oxygen atoms in total. The van der Waals surface area contributed by atoms with E-state index in [9.17, 15) is 9.18 Å². The maximum atomic E-state index is 13.6. The van der Waals surface area contributed by atoms with E-state index in [0.29, 0.717) is 16.7 Å². The standard InChI is InChI=1S/C15H12FNO2/c1-10(17-19)15(18)12-8-6-11(7-9-12)13-4-2-3-5-14(13)16/h2-9,19H,1H3/b17-10+. The lowest BCUT2D eigenvalue weighted by molar-refractivity contribution is 0.106. The Morgan fingerprint density at radius 2 is 1.74 bits per heavy atom. The summed E-state index contributed by atoms with van der Waals surface area (Å²) in [6.07, 6.45) is 0. The van der Waals surface area contributed by atoms with Crippen molar-refractivity contribution >= 4 is 11.5 Å². The monoisotopic (exact) mass is 257 g/mol. The van der Waals surface area contributed by atoms with E-state index in [1.807, 2.05) is 0 Å². The Bertz CT molecular complexity index is 633. The summed E-state index contributed by atoms with van der Waals surface area (Å²) in [6.45, 7) is 1.42. The van der Waals surface area contributed by atoms with Gasteiger partial charge >= 0.3 is 0 Å². The van der Waals surface area contributed by atoms with E-state index >= 15 is 0 Å². The highest BCUT2D eigenvalue weighted by Gasteiger charge is 2.10. The van der Waals surface area contributed by atoms with Gasteiger partial charge in [0.05, 0.1) is 0 Å². The number of hydrogen-bond acceptors (Lipinski definition) is 3. The maximum Gasteiger partial charge on any atom is 0.210 e. The molecule has 0 unspecified atom stereocenters. The van der Waals surface area contributed by atoms with Crippen molar-refractivity contribution < 1.29 is 14.4 Å². The Morgan fingerprint density at radius 3 is 2.32 bits per heavy atom. The number of hydrogen-bond donors (Lipinski definition) is 1. The van der Waals surface area contributed by atoms with Crippen LogP contribution in [-0.2, 0) is 0 Å². The van der Waals surface area contributed by atoms with Crippen LogP contribution in [0.1, 0.15) is 17.3 Å². The zero-order valence-corrected chi connectivity index (χ0v) is 10.3. The van der Waals surface area contributed by atoms with Gasteiger partial charge in [-0.1, -0.05) is 47.6 Å². The fourth-order valence-electron chi connectivity index (χ4n) is 1.75. The first-order valence-corrected chi connectivity index (χ1v) is 5.72. The van der Waals surface area contributed by atoms with Crippen LogP contribution >= 0.6 is 0 Å². The molecule has 0 spiro atoms. The molecule has 2 rings (SSSR count). The molecular weight excluding hydrogens is 245 g/mol. The molecule has 0 aliphatic heterocycles. The van der Waals surface area contributed by atoms with Gasteiger partial charge < -0.3 is 5.21 Å². The zero-order chi connectivity index (χ0) is 13.8. The Labute approximate surface area is 110 Å². The molecule has 0 saturated heterocycles. The largest absolute Gasteiger partial charge is 0.411 e. The van der Waals surface area contributed by atoms with Crippen molar-refractivity contribution in [2.75, 3.05) is 0 Å². The molecule has 0 aliphatic rings. The fraction of sp³-hybridized carbons (Fsp3) is 0.0667. The third kappa shape index (κ3) is 2.68. The van der Waals surface area contributed by atoms with Gasteiger partial charge in [0.25, 0.3) is 0 Å². The first kappa shape index (κ1) is 13.0. The molecule has 96 valence electrons. The molecule has 2 aromatic rings. The number of Topliss-reactive ketones (excluding diaryl/α,β-unsaturated/α-hetero) is 1. The summed E-state index contributed by atoms with van der Waals surface area (Å²) in [6, 6.07) is 12.9. The van der Waals surface area contributed by atoms with Gasteiger partial charge in [-0.3, -0.25) is 4.79 Å². The van der Waals surface area contributed by atoms with E-state index < -0.39 is 0 Å². The minimum Gasteiger partial charge on any atom is -0.411 e. The number of ketones is 1. The van der Waals surface area contributed by atoms with Crippen molar-refractivity contribution in [3.63, 3.8) is 0 Å². The molecule has 2 aromatic carbocycles. The lowest BCUT2D eigenvalue weighted by Gasteiger charge is -2.04. The van der Waals surface area contributed by atoms with Gasteiger partial charge in [-0.05, 0) is 18.6 Å². The number of rotatable bonds is 3. The van der Waals surface area contributed by atoms with E-state index in [4.69, 9.17) is 5.21 Å². The number of carbonyl (C=O) groups excluding carboxylic acids is 1. The molecule has 4 heteroatoms. The predicted molar refractivity (Wildman–Crippen MR) is 71.1 cm³/mol. The van der Waals surface area contributed by atoms with Crippen LogP contribution in [0.25, 0.3) is 11.1 Å². The molecule has 0 amide bonds. The molecule has 0 aliphatic carbocycles. The van der Waals surface area contributed by atoms with Gasteiger partial charge in [0.1, 0.15) is 11.5 Å². The minimum atomic E-state index is -0.359. The number of carbonyl (C=O) groups is 1. The Kier molecular flexibility index (Phi) is 3.71. The van der Waals surface area contributed by atoms with E-state index in [1.165, 1.54) is 13.0 Å². The summed E-state index contributed by atoms with van der Waals surface area (Å²) < 4.78 is 13.6. The molecular formula is C15H12FNO2. The summed E-state index contributed by atoms with van der Waals surface area (Å²) in [4.78, 5) is 11.7. The normalized spacial score (nSPS) is 11.4. The molecule has 1 N–H and O–H groups in total. The van der Waals surface area contributed by atoms with Crippen LogP contribution in [0.2, 0.25) is 0 Å². The van der Waals surface area contributed by atoms with Crippen molar-refractivity contribution in [1.29, 1.82) is 0 Å². The number of nitrogens with zero attached hydrogens (tertiary/aromatic N) is 1. The van der Waals surface area contributed by atoms with Gasteiger partial charge in [0.15, 0.2) is 0 Å². The maximum absolute atomic E-state index is 13.6. The van der Waals surface area contributed by atoms with Crippen LogP contribution in [0, 0.1) is 5.82 Å². The number of oxime groups is 1. The topological polar surface area (TPSA) is 49.7 Å². The fourth-order valence-corrected chi connectivity index (χ4v) is 1.75. The second-order valence-corrected chi connectivity index (χ2v) is 4.07. The Hall–Kier alpha value is -2.49. The molecule has 0 fully saturated rings. The highest BCUT2D eigenvalue weighted by atomic mass is 19.1. The third-order valence-corrected chi connectivity index (χ3v) is 2.81. The molecule has 0 radical (unpaired) electrons. The molecule has 0 aromatic heterocycles. The van der Waals surface area contributed by atoms with Crippen LogP contribution in [0.5, 0.6) is 0 Å². The zero-order valence-electron chi connectivity index (χ0n) is 10.3. The van der Waals surface area contributed by atoms with Crippen LogP contribution in [-0.4, -0.2) is 16.7 Å². The smallest absolute Gasteiger partial charge is 0.210 e. The van der Waals surface area contributed by atoms with Gasteiger partial charge in [0, 0.05) is 11.1 Å². The van der Waals surface area contributed by atoms with Crippen LogP contribution in [0.4, 0.5) is 4.39 Å². The highest BCUT2D eigenvalue weighted by molar-refractivity contribution is 6.45. The van der Waals surface area contributed by atoms with E-state index in [0.717, 1.165) is 0 Å². The molecule has 0 bridgehead atoms. The summed E-state index contributed by atoms with van der Waals surface area (Å²) in [5.74, 6) is -0.669. The minimum absolute atomic E-state index is 0.0126. The number of halogens is 1. The lowest BCUT2D eigenvalue weighted by atomic mass is 10.0. The Balaban J connectivity index is 2.34. The van der Waals surface area contributed by atoms with Crippen molar-refractivity contribution in [3.05, 3.63) is 59.9 Å². The SMILES string of the molecule is C/C(=N\O)C(=O)c1ccc(-c2ccccc2F)cc1. The first-order chi connectivity index (χ1) is 9.13. The average Bonchev–Trinajstić information content (AvgIpc) is 2.46. The Morgan fingerprint density at radius 1 is 1.11 bits per heavy atom. The van der Waals surface area contributed by atoms with Gasteiger partial charge in [-0.25, -0.2) is 4.39 Å². The van der Waals surface area contributed by atoms with Crippen LogP contribution < -0.4 is 0 Å². The molecule has 0 saturated carbocycles. The van der Waals surface area contributed by atoms with E-state index in [-0.39, 0.29) is 17.3 Å². The van der Waals surface area contributed by atoms with Gasteiger partial charge in [-0.2, -0.15) is 0 Å². The second-order valence-electron chi connectivity index (χ2n) is 4.07. The lowest BCUT2D eigenvalue weighted by Crippen LogP contribution is -2.10. The second kappa shape index (κ2) is 5.44. The van der Waals surface area contributed by atoms with Crippen LogP contribution in [0.15, 0.2) is 53.7 Å². The van der Waals surface area contributed by atoms with E-state index in [1.54, 1.807) is 42.5 Å². The van der Waals surface area contributed by atoms with Crippen LogP contribution in [0.3, 0.4) is 0 Å². The van der Waals surface area contributed by atoms with Crippen molar-refractivity contribution in [2.24, 2.45) is 5.16 Å². The highest BCUT2D eigenvalue weighted by Crippen LogP contribution is 2.22. The van der Waals surface area contributed by atoms with Crippen molar-refractivity contribution in [2.45, 2.75) is 6.92 Å².